The fourth-order valence-corrected chi connectivity index (χ4v) is 4.59. The number of rotatable bonds is 10. The second kappa shape index (κ2) is 11.5. The molecule has 4 rings (SSSR count). The van der Waals surface area contributed by atoms with Crippen molar-refractivity contribution in [2.24, 2.45) is 4.99 Å². The SMILES string of the molecule is CCCN(CCC)CCCc1nnc2n(c1=O)-c1ccc([N+](=O)[O-])cc1C(c1c(F)cccc1F)=NC2. The molecule has 0 atom stereocenters. The summed E-state index contributed by atoms with van der Waals surface area (Å²) in [6, 6.07) is 7.19. The first-order valence-electron chi connectivity index (χ1n) is 12.3. The number of nitro groups is 1. The predicted molar refractivity (Wildman–Crippen MR) is 135 cm³/mol. The summed E-state index contributed by atoms with van der Waals surface area (Å²) in [5.41, 5.74) is -0.756. The minimum absolute atomic E-state index is 0.0649. The number of aromatic nitrogens is 3. The van der Waals surface area contributed by atoms with Gasteiger partial charge < -0.3 is 4.90 Å². The highest BCUT2D eigenvalue weighted by Gasteiger charge is 2.27. The van der Waals surface area contributed by atoms with Gasteiger partial charge in [-0.05, 0) is 63.5 Å². The number of halogens is 2. The van der Waals surface area contributed by atoms with Gasteiger partial charge in [0.25, 0.3) is 11.2 Å². The molecular formula is C26H28F2N6O3. The van der Waals surface area contributed by atoms with Gasteiger partial charge in [0.1, 0.15) is 23.9 Å². The Bertz CT molecular complexity index is 1380. The molecule has 0 saturated heterocycles. The topological polar surface area (TPSA) is 107 Å². The molecule has 0 spiro atoms. The molecule has 0 radical (unpaired) electrons. The van der Waals surface area contributed by atoms with Crippen LogP contribution in [0, 0.1) is 21.7 Å². The molecule has 11 heteroatoms. The van der Waals surface area contributed by atoms with Crippen LogP contribution in [0.1, 0.15) is 55.8 Å². The zero-order chi connectivity index (χ0) is 26.5. The number of aliphatic imine (C=N–C) groups is 1. The number of aryl methyl sites for hydroxylation is 1. The Morgan fingerprint density at radius 1 is 1.05 bits per heavy atom. The zero-order valence-electron chi connectivity index (χ0n) is 20.8. The van der Waals surface area contributed by atoms with Crippen LogP contribution in [0.4, 0.5) is 14.5 Å². The van der Waals surface area contributed by atoms with Crippen LogP contribution in [0.5, 0.6) is 0 Å². The first-order valence-corrected chi connectivity index (χ1v) is 12.3. The first kappa shape index (κ1) is 26.2. The van der Waals surface area contributed by atoms with Gasteiger partial charge in [-0.1, -0.05) is 19.9 Å². The van der Waals surface area contributed by atoms with Gasteiger partial charge in [0.15, 0.2) is 5.82 Å². The Balaban J connectivity index is 1.78. The molecule has 2 heterocycles. The highest BCUT2D eigenvalue weighted by atomic mass is 19.1. The van der Waals surface area contributed by atoms with Gasteiger partial charge in [-0.15, -0.1) is 10.2 Å². The average molecular weight is 511 g/mol. The third-order valence-corrected chi connectivity index (χ3v) is 6.23. The van der Waals surface area contributed by atoms with Crippen LogP contribution < -0.4 is 5.56 Å². The van der Waals surface area contributed by atoms with Crippen molar-refractivity contribution >= 4 is 11.4 Å². The van der Waals surface area contributed by atoms with E-state index < -0.39 is 27.7 Å². The molecular weight excluding hydrogens is 482 g/mol. The van der Waals surface area contributed by atoms with Gasteiger partial charge in [-0.2, -0.15) is 0 Å². The smallest absolute Gasteiger partial charge is 0.280 e. The van der Waals surface area contributed by atoms with E-state index in [2.05, 4.69) is 33.9 Å². The van der Waals surface area contributed by atoms with Crippen molar-refractivity contribution in [1.82, 2.24) is 19.7 Å². The van der Waals surface area contributed by atoms with Crippen molar-refractivity contribution in [2.75, 3.05) is 19.6 Å². The van der Waals surface area contributed by atoms with E-state index in [1.165, 1.54) is 28.8 Å². The van der Waals surface area contributed by atoms with Gasteiger partial charge in [-0.25, -0.2) is 8.78 Å². The molecule has 194 valence electrons. The molecule has 0 saturated carbocycles. The summed E-state index contributed by atoms with van der Waals surface area (Å²) >= 11 is 0. The van der Waals surface area contributed by atoms with Crippen LogP contribution in [0.3, 0.4) is 0 Å². The number of benzene rings is 2. The monoisotopic (exact) mass is 510 g/mol. The molecule has 0 amide bonds. The van der Waals surface area contributed by atoms with E-state index in [0.29, 0.717) is 12.8 Å². The molecule has 1 aromatic heterocycles. The fourth-order valence-electron chi connectivity index (χ4n) is 4.59. The quantitative estimate of drug-likeness (QED) is 0.299. The van der Waals surface area contributed by atoms with Crippen LogP contribution in [0.15, 0.2) is 46.2 Å². The lowest BCUT2D eigenvalue weighted by Gasteiger charge is -2.20. The second-order valence-electron chi connectivity index (χ2n) is 8.87. The number of fused-ring (bicyclic) bond motifs is 3. The molecule has 2 aromatic carbocycles. The Labute approximate surface area is 212 Å². The van der Waals surface area contributed by atoms with Crippen molar-refractivity contribution in [2.45, 2.75) is 46.1 Å². The first-order chi connectivity index (χ1) is 17.8. The minimum Gasteiger partial charge on any atom is -0.303 e. The lowest BCUT2D eigenvalue weighted by Crippen LogP contribution is -2.30. The third kappa shape index (κ3) is 5.46. The molecule has 1 aliphatic heterocycles. The largest absolute Gasteiger partial charge is 0.303 e. The van der Waals surface area contributed by atoms with Crippen molar-refractivity contribution in [1.29, 1.82) is 0 Å². The van der Waals surface area contributed by atoms with E-state index in [1.807, 2.05) is 0 Å². The molecule has 9 nitrogen and oxygen atoms in total. The van der Waals surface area contributed by atoms with Crippen LogP contribution in [-0.2, 0) is 13.0 Å². The highest BCUT2D eigenvalue weighted by Crippen LogP contribution is 2.29. The Morgan fingerprint density at radius 2 is 1.76 bits per heavy atom. The number of nitrogens with zero attached hydrogens (tertiary/aromatic N) is 6. The summed E-state index contributed by atoms with van der Waals surface area (Å²) in [4.78, 5) is 31.1. The number of non-ortho nitro benzene ring substituents is 1. The van der Waals surface area contributed by atoms with Crippen molar-refractivity contribution in [3.05, 3.63) is 91.1 Å². The van der Waals surface area contributed by atoms with E-state index in [-0.39, 0.29) is 40.7 Å². The Kier molecular flexibility index (Phi) is 8.12. The lowest BCUT2D eigenvalue weighted by atomic mass is 9.98. The maximum atomic E-state index is 14.8. The normalized spacial score (nSPS) is 12.6. The standard InChI is InChI=1S/C26H28F2N6O3/c1-3-12-32(13-4-2)14-6-9-21-26(35)33-22-11-10-17(34(36)37)15-18(22)25(29-16-23(33)31-30-21)24-19(27)7-5-8-20(24)28/h5,7-8,10-11,15H,3-4,6,9,12-14,16H2,1-2H3. The van der Waals surface area contributed by atoms with E-state index >= 15 is 0 Å². The number of hydrogen-bond donors (Lipinski definition) is 0. The Morgan fingerprint density at radius 3 is 2.41 bits per heavy atom. The lowest BCUT2D eigenvalue weighted by molar-refractivity contribution is -0.384. The van der Waals surface area contributed by atoms with Crippen molar-refractivity contribution in [3.8, 4) is 5.69 Å². The van der Waals surface area contributed by atoms with E-state index in [0.717, 1.165) is 44.6 Å². The van der Waals surface area contributed by atoms with E-state index in [4.69, 9.17) is 0 Å². The summed E-state index contributed by atoms with van der Waals surface area (Å²) in [6.07, 6.45) is 3.18. The van der Waals surface area contributed by atoms with Crippen LogP contribution in [0.25, 0.3) is 5.69 Å². The van der Waals surface area contributed by atoms with Crippen LogP contribution >= 0.6 is 0 Å². The van der Waals surface area contributed by atoms with Gasteiger partial charge in [0.2, 0.25) is 0 Å². The fraction of sp³-hybridized carbons (Fsp3) is 0.385. The molecule has 0 N–H and O–H groups in total. The van der Waals surface area contributed by atoms with Gasteiger partial charge in [0, 0.05) is 17.7 Å². The highest BCUT2D eigenvalue weighted by molar-refractivity contribution is 6.15. The van der Waals surface area contributed by atoms with Gasteiger partial charge in [0.05, 0.1) is 21.9 Å². The molecule has 0 bridgehead atoms. The summed E-state index contributed by atoms with van der Waals surface area (Å²) in [7, 11) is 0. The average Bonchev–Trinajstić information content (AvgIpc) is 3.03. The van der Waals surface area contributed by atoms with Gasteiger partial charge in [-0.3, -0.25) is 24.5 Å². The molecule has 0 aliphatic carbocycles. The summed E-state index contributed by atoms with van der Waals surface area (Å²) in [5, 5.41) is 19.9. The number of nitro benzene ring substituents is 1. The minimum atomic E-state index is -0.870. The summed E-state index contributed by atoms with van der Waals surface area (Å²) in [5.74, 6) is -1.57. The molecule has 3 aromatic rings. The third-order valence-electron chi connectivity index (χ3n) is 6.23. The van der Waals surface area contributed by atoms with Gasteiger partial charge >= 0.3 is 0 Å². The molecule has 37 heavy (non-hydrogen) atoms. The maximum Gasteiger partial charge on any atom is 0.280 e. The summed E-state index contributed by atoms with van der Waals surface area (Å²) in [6.45, 7) is 6.82. The second-order valence-corrected chi connectivity index (χ2v) is 8.87. The van der Waals surface area contributed by atoms with E-state index in [9.17, 15) is 23.7 Å². The predicted octanol–water partition coefficient (Wildman–Crippen LogP) is 4.22. The van der Waals surface area contributed by atoms with E-state index in [1.54, 1.807) is 0 Å². The van der Waals surface area contributed by atoms with Crippen molar-refractivity contribution in [3.63, 3.8) is 0 Å². The van der Waals surface area contributed by atoms with Crippen LogP contribution in [-0.4, -0.2) is 49.9 Å². The van der Waals surface area contributed by atoms with Crippen molar-refractivity contribution < 1.29 is 13.7 Å². The Hall–Kier alpha value is -3.86. The molecule has 0 unspecified atom stereocenters. The molecule has 1 aliphatic rings. The molecule has 0 fully saturated rings. The zero-order valence-corrected chi connectivity index (χ0v) is 20.8. The van der Waals surface area contributed by atoms with Crippen LogP contribution in [0.2, 0.25) is 0 Å². The number of hydrogen-bond acceptors (Lipinski definition) is 7. The maximum absolute atomic E-state index is 14.8. The summed E-state index contributed by atoms with van der Waals surface area (Å²) < 4.78 is 30.8.